The average molecular weight is 1810 g/mol. The number of allylic oxidation sites excluding steroid dienone is 34. The second-order valence-electron chi connectivity index (χ2n) is 33.1. The zero-order valence-corrected chi connectivity index (χ0v) is 81.9. The van der Waals surface area contributed by atoms with Crippen LogP contribution in [0.15, 0.2) is 207 Å². The molecular weight excluding hydrogens is 1630 g/mol. The number of ether oxygens (including phenoxy) is 3. The molecule has 0 radical (unpaired) electrons. The van der Waals surface area contributed by atoms with Crippen molar-refractivity contribution in [3.63, 3.8) is 0 Å². The topological polar surface area (TPSA) is 231 Å². The van der Waals surface area contributed by atoms with Crippen LogP contribution in [0.4, 0.5) is 0 Å². The van der Waals surface area contributed by atoms with Gasteiger partial charge in [-0.2, -0.15) is 0 Å². The lowest BCUT2D eigenvalue weighted by atomic mass is 10.0. The molecule has 5 atom stereocenters. The van der Waals surface area contributed by atoms with Gasteiger partial charge >= 0.3 is 33.6 Å². The number of phosphoric acid groups is 2. The van der Waals surface area contributed by atoms with E-state index in [4.69, 9.17) is 32.3 Å². The molecule has 0 aliphatic rings. The van der Waals surface area contributed by atoms with Crippen LogP contribution < -0.4 is 0 Å². The standard InChI is InChI=1S/C109H182O16P2/c1-4-7-10-13-16-19-22-25-28-31-34-37-40-43-45-47-49-51-53-55-57-60-62-65-68-71-74-77-80-83-86-89-92-95-107(112)119-98-104(110)99-121-126(115,116)122-100-105(111)101-123-127(117,118)124-103-106(125-109(114)97-94-91-88-85-82-79-76-73-70-67-64-59-42-39-36-33-30-27-24-21-18-15-12-9-6-3)102-120-108(113)96-93-90-87-84-81-78-75-72-69-66-63-61-58-56-54-52-50-48-46-44-41-38-35-32-29-26-23-20-17-14-11-8-5-2/h7-12,16-21,25-30,34-39,43-46,49-52,59,64,104-106,110-111H,4-6,13-15,22-24,31-33,40-42,47-48,53-58,60-63,65-103H2,1-3H3,(H,115,116)(H,117,118)/b10-7-,11-8-,12-9-,19-16-,20-17-,21-18-,28-25-,29-26-,30-27-,37-34-,38-35-,39-36-,45-43-,46-44-,51-49-,52-50-,64-59-. The number of esters is 3. The smallest absolute Gasteiger partial charge is 0.463 e. The third-order valence-electron chi connectivity index (χ3n) is 21.0. The summed E-state index contributed by atoms with van der Waals surface area (Å²) in [4.78, 5) is 59.2. The van der Waals surface area contributed by atoms with Crippen LogP contribution in [0, 0.1) is 0 Å². The highest BCUT2D eigenvalue weighted by Gasteiger charge is 2.30. The van der Waals surface area contributed by atoms with Gasteiger partial charge < -0.3 is 34.2 Å². The zero-order chi connectivity index (χ0) is 92.1. The lowest BCUT2D eigenvalue weighted by Gasteiger charge is -2.21. The van der Waals surface area contributed by atoms with Crippen LogP contribution in [0.25, 0.3) is 0 Å². The Balaban J connectivity index is 4.62. The van der Waals surface area contributed by atoms with E-state index in [1.54, 1.807) is 0 Å². The molecule has 0 amide bonds. The van der Waals surface area contributed by atoms with Gasteiger partial charge in [0.05, 0.1) is 26.4 Å². The lowest BCUT2D eigenvalue weighted by Crippen LogP contribution is -2.30. The molecule has 127 heavy (non-hydrogen) atoms. The summed E-state index contributed by atoms with van der Waals surface area (Å²) in [5.41, 5.74) is 0. The molecule has 0 saturated heterocycles. The van der Waals surface area contributed by atoms with Crippen molar-refractivity contribution in [2.24, 2.45) is 0 Å². The molecule has 724 valence electrons. The molecule has 0 aromatic rings. The van der Waals surface area contributed by atoms with E-state index in [2.05, 4.69) is 227 Å². The van der Waals surface area contributed by atoms with E-state index in [-0.39, 0.29) is 19.3 Å². The number of aliphatic hydroxyl groups excluding tert-OH is 2. The molecule has 0 spiro atoms. The molecule has 5 unspecified atom stereocenters. The summed E-state index contributed by atoms with van der Waals surface area (Å²) < 4.78 is 61.7. The molecule has 0 fully saturated rings. The minimum absolute atomic E-state index is 0.0917. The number of aliphatic hydroxyl groups is 2. The molecule has 0 aliphatic carbocycles. The Kier molecular flexibility index (Phi) is 94.6. The van der Waals surface area contributed by atoms with E-state index in [1.165, 1.54) is 148 Å². The Morgan fingerprint density at radius 1 is 0.220 bits per heavy atom. The SMILES string of the molecule is CC/C=C\C/C=C\C/C=C\C/C=C\C/C=C\C/C=C\CCCCCCCCCCCCCCCCC(=O)OCC(O)COP(=O)(O)OCC(O)COP(=O)(O)OCC(COC(=O)CCCCCCCCCCCCCCCC/C=C\C/C=C\C/C=C\C/C=C\C/C=C\C/C=C\CC)OC(=O)CCCCCCCCCCC/C=C\C/C=C\C/C=C\C/C=C\C/C=C\CC. The Bertz CT molecular complexity index is 3140. The van der Waals surface area contributed by atoms with E-state index in [1.807, 2.05) is 0 Å². The normalized spacial score (nSPS) is 14.5. The molecule has 0 saturated carbocycles. The van der Waals surface area contributed by atoms with Crippen LogP contribution in [0.5, 0.6) is 0 Å². The number of hydrogen-bond donors (Lipinski definition) is 4. The maximum atomic E-state index is 13.1. The average Bonchev–Trinajstić information content (AvgIpc) is 0.899. The van der Waals surface area contributed by atoms with E-state index in [0.29, 0.717) is 19.3 Å². The second-order valence-corrected chi connectivity index (χ2v) is 36.0. The first-order chi connectivity index (χ1) is 62.2. The first kappa shape index (κ1) is 121. The van der Waals surface area contributed by atoms with Crippen LogP contribution in [0.2, 0.25) is 0 Å². The highest BCUT2D eigenvalue weighted by Crippen LogP contribution is 2.45. The van der Waals surface area contributed by atoms with Gasteiger partial charge in [-0.15, -0.1) is 0 Å². The van der Waals surface area contributed by atoms with Crippen molar-refractivity contribution in [1.29, 1.82) is 0 Å². The van der Waals surface area contributed by atoms with Crippen LogP contribution >= 0.6 is 15.6 Å². The predicted octanol–water partition coefficient (Wildman–Crippen LogP) is 31.9. The van der Waals surface area contributed by atoms with Gasteiger partial charge in [-0.05, 0) is 167 Å². The Hall–Kier alpha value is -5.87. The van der Waals surface area contributed by atoms with Gasteiger partial charge in [-0.25, -0.2) is 9.13 Å². The largest absolute Gasteiger partial charge is 0.472 e. The molecule has 0 aliphatic heterocycles. The molecule has 0 bridgehead atoms. The molecule has 0 aromatic carbocycles. The fourth-order valence-corrected chi connectivity index (χ4v) is 15.1. The van der Waals surface area contributed by atoms with E-state index < -0.39 is 91.5 Å². The summed E-state index contributed by atoms with van der Waals surface area (Å²) in [6.45, 7) is 2.38. The summed E-state index contributed by atoms with van der Waals surface area (Å²) in [5.74, 6) is -1.58. The monoisotopic (exact) mass is 1810 g/mol. The summed E-state index contributed by atoms with van der Waals surface area (Å²) in [6.07, 6.45) is 134. The van der Waals surface area contributed by atoms with Gasteiger partial charge in [0.2, 0.25) is 0 Å². The van der Waals surface area contributed by atoms with Gasteiger partial charge in [0.15, 0.2) is 6.10 Å². The van der Waals surface area contributed by atoms with Crippen LogP contribution in [0.1, 0.15) is 406 Å². The lowest BCUT2D eigenvalue weighted by molar-refractivity contribution is -0.161. The summed E-state index contributed by atoms with van der Waals surface area (Å²) >= 11 is 0. The third-order valence-corrected chi connectivity index (χ3v) is 22.9. The number of unbranched alkanes of at least 4 members (excludes halogenated alkanes) is 37. The summed E-state index contributed by atoms with van der Waals surface area (Å²) in [5, 5.41) is 20.8. The van der Waals surface area contributed by atoms with Crippen molar-refractivity contribution in [3.05, 3.63) is 207 Å². The maximum Gasteiger partial charge on any atom is 0.472 e. The van der Waals surface area contributed by atoms with Gasteiger partial charge in [-0.1, -0.05) is 426 Å². The Labute approximate surface area is 775 Å². The van der Waals surface area contributed by atoms with Crippen molar-refractivity contribution in [3.8, 4) is 0 Å². The van der Waals surface area contributed by atoms with Gasteiger partial charge in [-0.3, -0.25) is 32.5 Å². The van der Waals surface area contributed by atoms with E-state index in [0.717, 1.165) is 199 Å². The van der Waals surface area contributed by atoms with Crippen LogP contribution in [0.3, 0.4) is 0 Å². The summed E-state index contributed by atoms with van der Waals surface area (Å²) in [6, 6.07) is 0. The van der Waals surface area contributed by atoms with Crippen molar-refractivity contribution >= 4 is 33.6 Å². The number of carbonyl (C=O) groups is 3. The minimum atomic E-state index is -4.95. The Morgan fingerprint density at radius 2 is 0.394 bits per heavy atom. The van der Waals surface area contributed by atoms with E-state index in [9.17, 15) is 43.5 Å². The van der Waals surface area contributed by atoms with Crippen molar-refractivity contribution < 1.29 is 75.8 Å². The van der Waals surface area contributed by atoms with Gasteiger partial charge in [0, 0.05) is 19.3 Å². The van der Waals surface area contributed by atoms with Crippen molar-refractivity contribution in [2.45, 2.75) is 424 Å². The molecule has 4 N–H and O–H groups in total. The molecule has 0 heterocycles. The zero-order valence-electron chi connectivity index (χ0n) is 80.1. The van der Waals surface area contributed by atoms with Crippen LogP contribution in [-0.4, -0.2) is 95.9 Å². The van der Waals surface area contributed by atoms with Crippen LogP contribution in [-0.2, 0) is 55.8 Å². The molecule has 18 heteroatoms. The highest BCUT2D eigenvalue weighted by atomic mass is 31.2. The molecule has 16 nitrogen and oxygen atoms in total. The molecule has 0 rings (SSSR count). The van der Waals surface area contributed by atoms with Crippen molar-refractivity contribution in [2.75, 3.05) is 39.6 Å². The quantitative estimate of drug-likeness (QED) is 0.0146. The first-order valence-corrected chi connectivity index (χ1v) is 53.4. The second kappa shape index (κ2) is 99.1. The highest BCUT2D eigenvalue weighted by molar-refractivity contribution is 7.47. The van der Waals surface area contributed by atoms with Gasteiger partial charge in [0.25, 0.3) is 0 Å². The number of rotatable bonds is 94. The maximum absolute atomic E-state index is 13.1. The molecule has 0 aromatic heterocycles. The fourth-order valence-electron chi connectivity index (χ4n) is 13.5. The fraction of sp³-hybridized carbons (Fsp3) is 0.661. The minimum Gasteiger partial charge on any atom is -0.463 e. The Morgan fingerprint density at radius 3 is 0.622 bits per heavy atom. The number of phosphoric ester groups is 2. The number of carbonyl (C=O) groups excluding carboxylic acids is 3. The van der Waals surface area contributed by atoms with E-state index >= 15 is 0 Å². The van der Waals surface area contributed by atoms with Gasteiger partial charge in [0.1, 0.15) is 25.4 Å². The number of hydrogen-bond acceptors (Lipinski definition) is 14. The first-order valence-electron chi connectivity index (χ1n) is 50.4. The van der Waals surface area contributed by atoms with Crippen molar-refractivity contribution in [1.82, 2.24) is 0 Å². The predicted molar refractivity (Wildman–Crippen MR) is 537 cm³/mol. The molecular formula is C109H182O16P2. The summed E-state index contributed by atoms with van der Waals surface area (Å²) in [7, 11) is -9.83. The third kappa shape index (κ3) is 101.